The predicted molar refractivity (Wildman–Crippen MR) is 88.2 cm³/mol. The fourth-order valence-electron chi connectivity index (χ4n) is 2.41. The first kappa shape index (κ1) is 17.5. The molecule has 0 unspecified atom stereocenters. The summed E-state index contributed by atoms with van der Waals surface area (Å²) in [6.07, 6.45) is 2.94. The third-order valence-electron chi connectivity index (χ3n) is 3.71. The second-order valence-corrected chi connectivity index (χ2v) is 7.29. The van der Waals surface area contributed by atoms with Crippen molar-refractivity contribution in [3.05, 3.63) is 54.1 Å². The number of rotatable bonds is 4. The van der Waals surface area contributed by atoms with Crippen molar-refractivity contribution in [3.63, 3.8) is 0 Å². The first-order valence-electron chi connectivity index (χ1n) is 7.57. The van der Waals surface area contributed by atoms with E-state index in [1.807, 2.05) is 0 Å². The van der Waals surface area contributed by atoms with Gasteiger partial charge < -0.3 is 10.1 Å². The summed E-state index contributed by atoms with van der Waals surface area (Å²) in [5.74, 6) is -1.55. The highest BCUT2D eigenvalue weighted by Crippen LogP contribution is 2.21. The maximum atomic E-state index is 14.0. The summed E-state index contributed by atoms with van der Waals surface area (Å²) in [6, 6.07) is 6.39. The van der Waals surface area contributed by atoms with Gasteiger partial charge in [-0.3, -0.25) is 9.78 Å². The Hall–Kier alpha value is -2.36. The van der Waals surface area contributed by atoms with E-state index in [4.69, 9.17) is 4.74 Å². The number of pyridine rings is 1. The number of hydrogen-bond acceptors (Lipinski definition) is 5. The number of carbonyl (C=O) groups is 1. The molecular weight excluding hydrogens is 349 g/mol. The standard InChI is InChI=1S/C16H16FN3O4S/c17-15-4-3-13(25(22,23)20-6-8-24-9-7-20)10-14(15)16(21)19-12-2-1-5-18-11-12/h1-5,10-11H,6-9H2,(H,19,21). The highest BCUT2D eigenvalue weighted by atomic mass is 32.2. The molecule has 0 saturated carbocycles. The van der Waals surface area contributed by atoms with Crippen LogP contribution >= 0.6 is 0 Å². The van der Waals surface area contributed by atoms with Gasteiger partial charge in [-0.15, -0.1) is 0 Å². The number of hydrogen-bond donors (Lipinski definition) is 1. The number of aromatic nitrogens is 1. The van der Waals surface area contributed by atoms with Gasteiger partial charge in [0.15, 0.2) is 0 Å². The minimum atomic E-state index is -3.81. The van der Waals surface area contributed by atoms with E-state index in [9.17, 15) is 17.6 Å². The van der Waals surface area contributed by atoms with Crippen molar-refractivity contribution in [3.8, 4) is 0 Å². The van der Waals surface area contributed by atoms with Crippen molar-refractivity contribution in [2.24, 2.45) is 0 Å². The van der Waals surface area contributed by atoms with E-state index in [0.717, 1.165) is 18.2 Å². The fourth-order valence-corrected chi connectivity index (χ4v) is 3.84. The monoisotopic (exact) mass is 365 g/mol. The summed E-state index contributed by atoms with van der Waals surface area (Å²) in [7, 11) is -3.81. The fraction of sp³-hybridized carbons (Fsp3) is 0.250. The number of morpholine rings is 1. The van der Waals surface area contributed by atoms with Crippen LogP contribution in [0.3, 0.4) is 0 Å². The predicted octanol–water partition coefficient (Wildman–Crippen LogP) is 1.49. The van der Waals surface area contributed by atoms with Gasteiger partial charge in [-0.2, -0.15) is 4.31 Å². The van der Waals surface area contributed by atoms with E-state index in [-0.39, 0.29) is 23.5 Å². The molecule has 2 aromatic rings. The number of benzene rings is 1. The molecule has 0 radical (unpaired) electrons. The van der Waals surface area contributed by atoms with E-state index in [1.165, 1.54) is 16.7 Å². The molecule has 0 aliphatic carbocycles. The molecule has 7 nitrogen and oxygen atoms in total. The van der Waals surface area contributed by atoms with Crippen LogP contribution in [0, 0.1) is 5.82 Å². The summed E-state index contributed by atoms with van der Waals surface area (Å²) >= 11 is 0. The average Bonchev–Trinajstić information content (AvgIpc) is 2.63. The minimum absolute atomic E-state index is 0.132. The van der Waals surface area contributed by atoms with Gasteiger partial charge in [0.2, 0.25) is 10.0 Å². The summed E-state index contributed by atoms with van der Waals surface area (Å²) in [5, 5.41) is 2.49. The number of amides is 1. The minimum Gasteiger partial charge on any atom is -0.379 e. The van der Waals surface area contributed by atoms with E-state index >= 15 is 0 Å². The van der Waals surface area contributed by atoms with Crippen LogP contribution in [-0.4, -0.2) is 49.9 Å². The van der Waals surface area contributed by atoms with Crippen LogP contribution in [0.15, 0.2) is 47.6 Å². The lowest BCUT2D eigenvalue weighted by Gasteiger charge is -2.26. The molecule has 1 aliphatic heterocycles. The molecule has 132 valence electrons. The van der Waals surface area contributed by atoms with E-state index < -0.39 is 21.7 Å². The number of carbonyl (C=O) groups excluding carboxylic acids is 1. The lowest BCUT2D eigenvalue weighted by Crippen LogP contribution is -2.40. The highest BCUT2D eigenvalue weighted by molar-refractivity contribution is 7.89. The quantitative estimate of drug-likeness (QED) is 0.887. The van der Waals surface area contributed by atoms with Crippen molar-refractivity contribution in [2.45, 2.75) is 4.90 Å². The lowest BCUT2D eigenvalue weighted by molar-refractivity contribution is 0.0730. The largest absolute Gasteiger partial charge is 0.379 e. The van der Waals surface area contributed by atoms with Crippen molar-refractivity contribution in [1.82, 2.24) is 9.29 Å². The number of halogens is 1. The first-order valence-corrected chi connectivity index (χ1v) is 9.01. The average molecular weight is 365 g/mol. The Bertz CT molecular complexity index is 868. The van der Waals surface area contributed by atoms with E-state index in [2.05, 4.69) is 10.3 Å². The van der Waals surface area contributed by atoms with Crippen molar-refractivity contribution < 1.29 is 22.3 Å². The van der Waals surface area contributed by atoms with Gasteiger partial charge in [-0.05, 0) is 30.3 Å². The molecule has 1 aromatic heterocycles. The zero-order chi connectivity index (χ0) is 17.9. The Morgan fingerprint density at radius 2 is 2.00 bits per heavy atom. The second kappa shape index (κ2) is 7.26. The third kappa shape index (κ3) is 3.84. The van der Waals surface area contributed by atoms with Crippen LogP contribution in [0.25, 0.3) is 0 Å². The number of anilines is 1. The van der Waals surface area contributed by atoms with Crippen LogP contribution in [0.4, 0.5) is 10.1 Å². The molecule has 1 N–H and O–H groups in total. The highest BCUT2D eigenvalue weighted by Gasteiger charge is 2.27. The maximum Gasteiger partial charge on any atom is 0.258 e. The number of nitrogens with zero attached hydrogens (tertiary/aromatic N) is 2. The Balaban J connectivity index is 1.88. The van der Waals surface area contributed by atoms with E-state index in [0.29, 0.717) is 18.9 Å². The molecular formula is C16H16FN3O4S. The van der Waals surface area contributed by atoms with Crippen molar-refractivity contribution >= 4 is 21.6 Å². The van der Waals surface area contributed by atoms with Gasteiger partial charge in [0, 0.05) is 19.3 Å². The van der Waals surface area contributed by atoms with Crippen LogP contribution in [0.2, 0.25) is 0 Å². The van der Waals surface area contributed by atoms with Gasteiger partial charge in [0.05, 0.1) is 35.6 Å². The van der Waals surface area contributed by atoms with Crippen LogP contribution in [-0.2, 0) is 14.8 Å². The number of sulfonamides is 1. The summed E-state index contributed by atoms with van der Waals surface area (Å²) in [4.78, 5) is 16.0. The smallest absolute Gasteiger partial charge is 0.258 e. The van der Waals surface area contributed by atoms with Gasteiger partial charge >= 0.3 is 0 Å². The van der Waals surface area contributed by atoms with Gasteiger partial charge in [-0.1, -0.05) is 0 Å². The Kier molecular flexibility index (Phi) is 5.07. The maximum absolute atomic E-state index is 14.0. The topological polar surface area (TPSA) is 88.6 Å². The van der Waals surface area contributed by atoms with E-state index in [1.54, 1.807) is 12.1 Å². The molecule has 0 bridgehead atoms. The Morgan fingerprint density at radius 3 is 2.68 bits per heavy atom. The van der Waals surface area contributed by atoms with Gasteiger partial charge in [-0.25, -0.2) is 12.8 Å². The number of ether oxygens (including phenoxy) is 1. The van der Waals surface area contributed by atoms with Crippen LogP contribution in [0.5, 0.6) is 0 Å². The molecule has 1 fully saturated rings. The summed E-state index contributed by atoms with van der Waals surface area (Å²) in [6.45, 7) is 1.04. The molecule has 0 spiro atoms. The summed E-state index contributed by atoms with van der Waals surface area (Å²) < 4.78 is 45.7. The van der Waals surface area contributed by atoms with Gasteiger partial charge in [0.25, 0.3) is 5.91 Å². The summed E-state index contributed by atoms with van der Waals surface area (Å²) in [5.41, 5.74) is 0.0338. The molecule has 1 saturated heterocycles. The molecule has 1 aliphatic rings. The molecule has 9 heteroatoms. The molecule has 0 atom stereocenters. The number of nitrogens with one attached hydrogen (secondary N) is 1. The Morgan fingerprint density at radius 1 is 1.24 bits per heavy atom. The first-order chi connectivity index (χ1) is 12.0. The zero-order valence-electron chi connectivity index (χ0n) is 13.2. The molecule has 25 heavy (non-hydrogen) atoms. The molecule has 2 heterocycles. The van der Waals surface area contributed by atoms with Crippen LogP contribution in [0.1, 0.15) is 10.4 Å². The molecule has 1 aromatic carbocycles. The normalized spacial score (nSPS) is 15.7. The van der Waals surface area contributed by atoms with Crippen molar-refractivity contribution in [1.29, 1.82) is 0 Å². The SMILES string of the molecule is O=C(Nc1cccnc1)c1cc(S(=O)(=O)N2CCOCC2)ccc1F. The van der Waals surface area contributed by atoms with Gasteiger partial charge in [0.1, 0.15) is 5.82 Å². The van der Waals surface area contributed by atoms with Crippen LogP contribution < -0.4 is 5.32 Å². The Labute approximate surface area is 144 Å². The second-order valence-electron chi connectivity index (χ2n) is 5.35. The molecule has 3 rings (SSSR count). The third-order valence-corrected chi connectivity index (χ3v) is 5.60. The molecule has 1 amide bonds. The van der Waals surface area contributed by atoms with Crippen molar-refractivity contribution in [2.75, 3.05) is 31.6 Å². The lowest BCUT2D eigenvalue weighted by atomic mass is 10.2. The zero-order valence-corrected chi connectivity index (χ0v) is 14.0.